The van der Waals surface area contributed by atoms with Crippen molar-refractivity contribution in [3.63, 3.8) is 0 Å². The Balaban J connectivity index is 1.55. The predicted molar refractivity (Wildman–Crippen MR) is 124 cm³/mol. The van der Waals surface area contributed by atoms with Crippen LogP contribution in [0.25, 0.3) is 0 Å². The maximum absolute atomic E-state index is 13.8. The smallest absolute Gasteiger partial charge is 0.316 e. The molecule has 1 aliphatic heterocycles. The van der Waals surface area contributed by atoms with Crippen LogP contribution in [0, 0.1) is 5.82 Å². The van der Waals surface area contributed by atoms with E-state index in [-0.39, 0.29) is 36.5 Å². The first kappa shape index (κ1) is 23.3. The van der Waals surface area contributed by atoms with Crippen LogP contribution in [0.2, 0.25) is 10.0 Å². The normalized spacial score (nSPS) is 15.3. The molecule has 6 nitrogen and oxygen atoms in total. The number of benzene rings is 2. The molecule has 4 rings (SSSR count). The van der Waals surface area contributed by atoms with E-state index in [1.807, 2.05) is 13.8 Å². The third-order valence-corrected chi connectivity index (χ3v) is 5.95. The van der Waals surface area contributed by atoms with Gasteiger partial charge < -0.3 is 14.4 Å². The fraction of sp³-hybridized carbons (Fsp3) is 0.292. The molecule has 1 aliphatic rings. The molecular formula is C24H22Cl2FN3O3. The zero-order valence-electron chi connectivity index (χ0n) is 18.1. The highest BCUT2D eigenvalue weighted by Crippen LogP contribution is 2.28. The number of carbonyl (C=O) groups excluding carboxylic acids is 1. The van der Waals surface area contributed by atoms with Gasteiger partial charge in [-0.15, -0.1) is 0 Å². The van der Waals surface area contributed by atoms with Gasteiger partial charge >= 0.3 is 6.01 Å². The van der Waals surface area contributed by atoms with Crippen LogP contribution in [0.15, 0.2) is 48.8 Å². The van der Waals surface area contributed by atoms with E-state index in [0.717, 1.165) is 11.1 Å². The van der Waals surface area contributed by atoms with Gasteiger partial charge in [0.2, 0.25) is 0 Å². The highest BCUT2D eigenvalue weighted by atomic mass is 35.5. The van der Waals surface area contributed by atoms with Crippen LogP contribution in [0.1, 0.15) is 35.3 Å². The molecule has 2 aromatic carbocycles. The van der Waals surface area contributed by atoms with E-state index in [1.165, 1.54) is 24.5 Å². The molecule has 1 amide bonds. The standard InChI is InChI=1S/C24H22Cl2FN3O3/c1-14(2)33-20-10-28-24(29-11-20)32-13-19-8-17-7-18(27)5-3-16(17)12-30(19)23(31)15-4-6-21(25)22(26)9-15/h3-7,9-11,14,19H,8,12-13H2,1-2H3/t19-/m0/s1. The van der Waals surface area contributed by atoms with Gasteiger partial charge in [-0.25, -0.2) is 4.39 Å². The van der Waals surface area contributed by atoms with Gasteiger partial charge in [-0.05, 0) is 61.7 Å². The van der Waals surface area contributed by atoms with Gasteiger partial charge in [0.15, 0.2) is 5.75 Å². The molecule has 0 saturated carbocycles. The lowest BCUT2D eigenvalue weighted by molar-refractivity contribution is 0.0558. The van der Waals surface area contributed by atoms with Gasteiger partial charge in [-0.1, -0.05) is 29.3 Å². The second-order valence-electron chi connectivity index (χ2n) is 8.01. The molecule has 0 spiro atoms. The monoisotopic (exact) mass is 489 g/mol. The Hall–Kier alpha value is -2.90. The average Bonchev–Trinajstić information content (AvgIpc) is 2.79. The summed E-state index contributed by atoms with van der Waals surface area (Å²) in [6.07, 6.45) is 3.50. The van der Waals surface area contributed by atoms with Crippen molar-refractivity contribution in [1.29, 1.82) is 0 Å². The molecule has 0 unspecified atom stereocenters. The molecule has 172 valence electrons. The highest BCUT2D eigenvalue weighted by molar-refractivity contribution is 6.42. The number of carbonyl (C=O) groups is 1. The average molecular weight is 490 g/mol. The number of hydrogen-bond donors (Lipinski definition) is 0. The highest BCUT2D eigenvalue weighted by Gasteiger charge is 2.31. The number of amides is 1. The van der Waals surface area contributed by atoms with E-state index in [1.54, 1.807) is 29.2 Å². The second-order valence-corrected chi connectivity index (χ2v) is 8.83. The summed E-state index contributed by atoms with van der Waals surface area (Å²) in [5.74, 6) is -0.00339. The maximum Gasteiger partial charge on any atom is 0.316 e. The Morgan fingerprint density at radius 1 is 1.12 bits per heavy atom. The van der Waals surface area contributed by atoms with Crippen molar-refractivity contribution in [3.05, 3.63) is 81.3 Å². The Bertz CT molecular complexity index is 1160. The van der Waals surface area contributed by atoms with Crippen molar-refractivity contribution in [2.75, 3.05) is 6.61 Å². The number of aromatic nitrogens is 2. The third kappa shape index (κ3) is 5.54. The summed E-state index contributed by atoms with van der Waals surface area (Å²) in [5.41, 5.74) is 2.13. The van der Waals surface area contributed by atoms with Crippen LogP contribution >= 0.6 is 23.2 Å². The Morgan fingerprint density at radius 2 is 1.88 bits per heavy atom. The van der Waals surface area contributed by atoms with Crippen LogP contribution < -0.4 is 9.47 Å². The molecule has 1 atom stereocenters. The third-order valence-electron chi connectivity index (χ3n) is 5.21. The Labute approximate surface area is 201 Å². The van der Waals surface area contributed by atoms with E-state index in [0.29, 0.717) is 34.3 Å². The largest absolute Gasteiger partial charge is 0.488 e. The van der Waals surface area contributed by atoms with Crippen molar-refractivity contribution in [1.82, 2.24) is 14.9 Å². The zero-order chi connectivity index (χ0) is 23.5. The lowest BCUT2D eigenvalue weighted by Gasteiger charge is -2.36. The minimum absolute atomic E-state index is 0.00372. The SMILES string of the molecule is CC(C)Oc1cnc(OC[C@@H]2Cc3cc(F)ccc3CN2C(=O)c2ccc(Cl)c(Cl)c2)nc1. The molecule has 0 saturated heterocycles. The Kier molecular flexibility index (Phi) is 7.00. The van der Waals surface area contributed by atoms with Gasteiger partial charge in [-0.2, -0.15) is 9.97 Å². The molecule has 0 fully saturated rings. The van der Waals surface area contributed by atoms with Crippen molar-refractivity contribution in [3.8, 4) is 11.8 Å². The molecular weight excluding hydrogens is 468 g/mol. The van der Waals surface area contributed by atoms with Gasteiger partial charge in [-0.3, -0.25) is 4.79 Å². The van der Waals surface area contributed by atoms with Crippen LogP contribution in [0.3, 0.4) is 0 Å². The molecule has 3 aromatic rings. The van der Waals surface area contributed by atoms with Gasteiger partial charge in [0.1, 0.15) is 12.4 Å². The van der Waals surface area contributed by atoms with Crippen LogP contribution in [0.4, 0.5) is 4.39 Å². The molecule has 0 N–H and O–H groups in total. The topological polar surface area (TPSA) is 64.6 Å². The van der Waals surface area contributed by atoms with Gasteiger partial charge in [0, 0.05) is 12.1 Å². The summed E-state index contributed by atoms with van der Waals surface area (Å²) in [4.78, 5) is 23.4. The molecule has 0 radical (unpaired) electrons. The fourth-order valence-corrected chi connectivity index (χ4v) is 3.98. The quantitative estimate of drug-likeness (QED) is 0.466. The number of fused-ring (bicyclic) bond motifs is 1. The zero-order valence-corrected chi connectivity index (χ0v) is 19.6. The number of halogens is 3. The van der Waals surface area contributed by atoms with Crippen molar-refractivity contribution in [2.24, 2.45) is 0 Å². The van der Waals surface area contributed by atoms with Gasteiger partial charge in [0.05, 0.1) is 34.6 Å². The first-order valence-electron chi connectivity index (χ1n) is 10.4. The summed E-state index contributed by atoms with van der Waals surface area (Å²) in [6.45, 7) is 4.26. The van der Waals surface area contributed by atoms with Crippen molar-refractivity contribution >= 4 is 29.1 Å². The summed E-state index contributed by atoms with van der Waals surface area (Å²) >= 11 is 12.1. The lowest BCUT2D eigenvalue weighted by Crippen LogP contribution is -2.47. The number of rotatable bonds is 6. The molecule has 0 bridgehead atoms. The summed E-state index contributed by atoms with van der Waals surface area (Å²) in [6, 6.07) is 9.16. The number of hydrogen-bond acceptors (Lipinski definition) is 5. The van der Waals surface area contributed by atoms with Crippen LogP contribution in [-0.2, 0) is 13.0 Å². The fourth-order valence-electron chi connectivity index (χ4n) is 3.68. The minimum atomic E-state index is -0.364. The molecule has 33 heavy (non-hydrogen) atoms. The van der Waals surface area contributed by atoms with Crippen LogP contribution in [0.5, 0.6) is 11.8 Å². The summed E-state index contributed by atoms with van der Waals surface area (Å²) < 4.78 is 25.2. The van der Waals surface area contributed by atoms with E-state index in [4.69, 9.17) is 32.7 Å². The number of nitrogens with zero attached hydrogens (tertiary/aromatic N) is 3. The summed E-state index contributed by atoms with van der Waals surface area (Å²) in [7, 11) is 0. The van der Waals surface area contributed by atoms with E-state index < -0.39 is 0 Å². The van der Waals surface area contributed by atoms with E-state index in [9.17, 15) is 9.18 Å². The predicted octanol–water partition coefficient (Wildman–Crippen LogP) is 5.36. The first-order valence-corrected chi connectivity index (χ1v) is 11.2. The van der Waals surface area contributed by atoms with E-state index in [2.05, 4.69) is 9.97 Å². The molecule has 9 heteroatoms. The number of ether oxygens (including phenoxy) is 2. The summed E-state index contributed by atoms with van der Waals surface area (Å²) in [5, 5.41) is 0.668. The first-order chi connectivity index (χ1) is 15.8. The van der Waals surface area contributed by atoms with Gasteiger partial charge in [0.25, 0.3) is 5.91 Å². The second kappa shape index (κ2) is 9.93. The maximum atomic E-state index is 13.8. The van der Waals surface area contributed by atoms with Crippen LogP contribution in [-0.4, -0.2) is 39.5 Å². The Morgan fingerprint density at radius 3 is 2.58 bits per heavy atom. The lowest BCUT2D eigenvalue weighted by atomic mass is 9.93. The minimum Gasteiger partial charge on any atom is -0.488 e. The van der Waals surface area contributed by atoms with Crippen molar-refractivity contribution in [2.45, 2.75) is 39.0 Å². The van der Waals surface area contributed by atoms with E-state index >= 15 is 0 Å². The van der Waals surface area contributed by atoms with Crippen molar-refractivity contribution < 1.29 is 18.7 Å². The molecule has 0 aliphatic carbocycles. The molecule has 1 aromatic heterocycles. The molecule has 2 heterocycles.